The third-order valence-corrected chi connectivity index (χ3v) is 3.59. The number of halogens is 1. The molecule has 0 aliphatic carbocycles. The van der Waals surface area contributed by atoms with Crippen LogP contribution in [0.15, 0.2) is 16.9 Å². The van der Waals surface area contributed by atoms with Gasteiger partial charge in [0.15, 0.2) is 5.65 Å². The third-order valence-electron chi connectivity index (χ3n) is 2.48. The van der Waals surface area contributed by atoms with E-state index in [1.807, 2.05) is 6.07 Å². The van der Waals surface area contributed by atoms with Crippen LogP contribution in [-0.2, 0) is 0 Å². The second kappa shape index (κ2) is 5.31. The summed E-state index contributed by atoms with van der Waals surface area (Å²) in [6, 6.07) is 3.56. The van der Waals surface area contributed by atoms with Gasteiger partial charge < -0.3 is 5.32 Å². The van der Waals surface area contributed by atoms with Gasteiger partial charge >= 0.3 is 5.69 Å². The highest BCUT2D eigenvalue weighted by Crippen LogP contribution is 2.10. The molecule has 0 amide bonds. The first kappa shape index (κ1) is 12.1. The number of H-pyrrole nitrogens is 1. The molecule has 0 aromatic carbocycles. The third kappa shape index (κ3) is 2.85. The van der Waals surface area contributed by atoms with Gasteiger partial charge in [-0.2, -0.15) is 9.61 Å². The van der Waals surface area contributed by atoms with Gasteiger partial charge in [-0.05, 0) is 25.0 Å². The lowest BCUT2D eigenvalue weighted by Crippen LogP contribution is -2.15. The molecular weight excluding hydrogens is 286 g/mol. The van der Waals surface area contributed by atoms with E-state index >= 15 is 0 Å². The molecule has 0 aliphatic rings. The fourth-order valence-electron chi connectivity index (χ4n) is 1.46. The average molecular weight is 300 g/mol. The van der Waals surface area contributed by atoms with E-state index in [-0.39, 0.29) is 5.69 Å². The number of hydrogen-bond acceptors (Lipinski definition) is 4. The Morgan fingerprint density at radius 1 is 1.59 bits per heavy atom. The monoisotopic (exact) mass is 299 g/mol. The Hall–Kier alpha value is -1.37. The van der Waals surface area contributed by atoms with E-state index < -0.39 is 0 Å². The Balaban J connectivity index is 2.04. The lowest BCUT2D eigenvalue weighted by Gasteiger charge is -2.08. The number of anilines is 1. The van der Waals surface area contributed by atoms with Crippen molar-refractivity contribution in [1.29, 1.82) is 0 Å². The Morgan fingerprint density at radius 3 is 3.18 bits per heavy atom. The van der Waals surface area contributed by atoms with Gasteiger partial charge in [-0.1, -0.05) is 22.9 Å². The van der Waals surface area contributed by atoms with Crippen molar-refractivity contribution in [2.24, 2.45) is 0 Å². The molecule has 0 aliphatic heterocycles. The zero-order valence-electron chi connectivity index (χ0n) is 9.48. The van der Waals surface area contributed by atoms with Crippen molar-refractivity contribution in [1.82, 2.24) is 19.8 Å². The number of aromatic amines is 1. The summed E-state index contributed by atoms with van der Waals surface area (Å²) in [5.74, 6) is 0.678. The zero-order valence-corrected chi connectivity index (χ0v) is 11.1. The average Bonchev–Trinajstić information content (AvgIpc) is 2.71. The van der Waals surface area contributed by atoms with Crippen LogP contribution in [0.1, 0.15) is 19.8 Å². The Bertz CT molecular complexity index is 549. The van der Waals surface area contributed by atoms with E-state index in [1.165, 1.54) is 4.52 Å². The van der Waals surface area contributed by atoms with Crippen LogP contribution >= 0.6 is 15.9 Å². The van der Waals surface area contributed by atoms with Crippen LogP contribution in [0, 0.1) is 0 Å². The summed E-state index contributed by atoms with van der Waals surface area (Å²) in [6.07, 6.45) is 2.10. The van der Waals surface area contributed by atoms with Crippen LogP contribution in [0.4, 0.5) is 5.82 Å². The molecule has 6 nitrogen and oxygen atoms in total. The molecule has 0 saturated carbocycles. The highest BCUT2D eigenvalue weighted by molar-refractivity contribution is 9.09. The maximum atomic E-state index is 11.3. The standard InChI is InChI=1S/C10H14BrN5O/c1-2-7(11)5-6-12-8-3-4-9-13-14-10(17)16(9)15-8/h3-4,7H,2,5-6H2,1H3,(H,12,15)(H,14,17). The minimum absolute atomic E-state index is 0.324. The van der Waals surface area contributed by atoms with Crippen molar-refractivity contribution in [2.45, 2.75) is 24.6 Å². The molecule has 1 atom stereocenters. The minimum atomic E-state index is -0.324. The number of rotatable bonds is 5. The van der Waals surface area contributed by atoms with Crippen molar-refractivity contribution >= 4 is 27.4 Å². The Labute approximate surface area is 107 Å². The van der Waals surface area contributed by atoms with Crippen molar-refractivity contribution in [3.05, 3.63) is 22.6 Å². The summed E-state index contributed by atoms with van der Waals surface area (Å²) in [4.78, 5) is 11.8. The number of aromatic nitrogens is 4. The quantitative estimate of drug-likeness (QED) is 0.818. The van der Waals surface area contributed by atoms with Gasteiger partial charge in [-0.15, -0.1) is 5.10 Å². The first-order valence-electron chi connectivity index (χ1n) is 5.53. The maximum Gasteiger partial charge on any atom is 0.364 e. The summed E-state index contributed by atoms with van der Waals surface area (Å²) in [7, 11) is 0. The zero-order chi connectivity index (χ0) is 12.3. The predicted octanol–water partition coefficient (Wildman–Crippen LogP) is 1.39. The fourth-order valence-corrected chi connectivity index (χ4v) is 1.69. The van der Waals surface area contributed by atoms with Gasteiger partial charge in [0.25, 0.3) is 0 Å². The van der Waals surface area contributed by atoms with Crippen molar-refractivity contribution in [2.75, 3.05) is 11.9 Å². The number of hydrogen-bond donors (Lipinski definition) is 2. The van der Waals surface area contributed by atoms with E-state index in [0.29, 0.717) is 16.3 Å². The summed E-state index contributed by atoms with van der Waals surface area (Å²) in [5.41, 5.74) is 0.197. The number of nitrogens with zero attached hydrogens (tertiary/aromatic N) is 3. The number of nitrogens with one attached hydrogen (secondary N) is 2. The molecule has 92 valence electrons. The number of alkyl halides is 1. The van der Waals surface area contributed by atoms with Gasteiger partial charge in [0.2, 0.25) is 0 Å². The topological polar surface area (TPSA) is 75.1 Å². The van der Waals surface area contributed by atoms with Crippen LogP contribution < -0.4 is 11.0 Å². The molecule has 0 bridgehead atoms. The molecule has 1 unspecified atom stereocenters. The van der Waals surface area contributed by atoms with E-state index in [1.54, 1.807) is 6.07 Å². The molecule has 0 radical (unpaired) electrons. The first-order valence-corrected chi connectivity index (χ1v) is 6.44. The Kier molecular flexibility index (Phi) is 3.78. The minimum Gasteiger partial charge on any atom is -0.369 e. The van der Waals surface area contributed by atoms with E-state index in [2.05, 4.69) is 43.5 Å². The van der Waals surface area contributed by atoms with Gasteiger partial charge in [-0.3, -0.25) is 0 Å². The number of fused-ring (bicyclic) bond motifs is 1. The van der Waals surface area contributed by atoms with E-state index in [9.17, 15) is 4.79 Å². The predicted molar refractivity (Wildman–Crippen MR) is 69.7 cm³/mol. The molecule has 0 fully saturated rings. The van der Waals surface area contributed by atoms with Crippen LogP contribution in [-0.4, -0.2) is 31.2 Å². The van der Waals surface area contributed by atoms with Gasteiger partial charge in [0, 0.05) is 11.4 Å². The molecule has 2 N–H and O–H groups in total. The highest BCUT2D eigenvalue weighted by Gasteiger charge is 2.03. The fraction of sp³-hybridized carbons (Fsp3) is 0.500. The summed E-state index contributed by atoms with van der Waals surface area (Å²) >= 11 is 3.56. The molecule has 2 rings (SSSR count). The molecule has 17 heavy (non-hydrogen) atoms. The first-order chi connectivity index (χ1) is 8.20. The second-order valence-corrected chi connectivity index (χ2v) is 5.03. The summed E-state index contributed by atoms with van der Waals surface area (Å²) in [6.45, 7) is 2.95. The molecule has 2 heterocycles. The smallest absolute Gasteiger partial charge is 0.364 e. The van der Waals surface area contributed by atoms with E-state index in [4.69, 9.17) is 0 Å². The largest absolute Gasteiger partial charge is 0.369 e. The van der Waals surface area contributed by atoms with E-state index in [0.717, 1.165) is 19.4 Å². The normalized spacial score (nSPS) is 12.8. The van der Waals surface area contributed by atoms with Crippen LogP contribution in [0.25, 0.3) is 5.65 Å². The maximum absolute atomic E-state index is 11.3. The molecule has 2 aromatic rings. The van der Waals surface area contributed by atoms with Crippen molar-refractivity contribution in [3.63, 3.8) is 0 Å². The van der Waals surface area contributed by atoms with Crippen LogP contribution in [0.3, 0.4) is 0 Å². The SMILES string of the molecule is CCC(Br)CCNc1ccc2n[nH]c(=O)n2n1. The summed E-state index contributed by atoms with van der Waals surface area (Å²) < 4.78 is 1.24. The Morgan fingerprint density at radius 2 is 2.41 bits per heavy atom. The lowest BCUT2D eigenvalue weighted by molar-refractivity contribution is 0.768. The van der Waals surface area contributed by atoms with Crippen molar-refractivity contribution in [3.8, 4) is 0 Å². The van der Waals surface area contributed by atoms with Crippen molar-refractivity contribution < 1.29 is 0 Å². The highest BCUT2D eigenvalue weighted by atomic mass is 79.9. The second-order valence-electron chi connectivity index (χ2n) is 3.74. The van der Waals surface area contributed by atoms with Gasteiger partial charge in [0.05, 0.1) is 0 Å². The van der Waals surface area contributed by atoms with Gasteiger partial charge in [-0.25, -0.2) is 9.89 Å². The van der Waals surface area contributed by atoms with Crippen LogP contribution in [0.2, 0.25) is 0 Å². The van der Waals surface area contributed by atoms with Crippen LogP contribution in [0.5, 0.6) is 0 Å². The molecule has 0 spiro atoms. The molecule has 2 aromatic heterocycles. The molecule has 0 saturated heterocycles. The van der Waals surface area contributed by atoms with Gasteiger partial charge in [0.1, 0.15) is 5.82 Å². The molecular formula is C10H14BrN5O. The lowest BCUT2D eigenvalue weighted by atomic mass is 10.2. The summed E-state index contributed by atoms with van der Waals surface area (Å²) in [5, 5.41) is 13.5. The molecule has 7 heteroatoms.